The standard InChI is InChI=1S/C41H37OSi.2ClH.Zr/c1-41(39-28-26-32-16-11-13-24-37(32)39,40-29-27-33-17-12-14-25-38(33)40)30-15-31-42-43(34-18-5-2-6-19-34,35-20-7-3-8-21-35)36-22-9-4-10-23-36;;;/h2-14,16-29,31,39-40H,15,30H2,1H3;2*1H;/q;;;+2/p-2. The zero-order valence-electron chi connectivity index (χ0n) is 25.9. The molecule has 0 bridgehead atoms. The van der Waals surface area contributed by atoms with Gasteiger partial charge in [0.25, 0.3) is 0 Å². The van der Waals surface area contributed by atoms with E-state index in [2.05, 4.69) is 171 Å². The van der Waals surface area contributed by atoms with E-state index in [4.69, 9.17) is 21.5 Å². The summed E-state index contributed by atoms with van der Waals surface area (Å²) in [6, 6.07) is 50.0. The first-order valence-electron chi connectivity index (χ1n) is 16.1. The van der Waals surface area contributed by atoms with E-state index in [1.165, 1.54) is 37.8 Å². The zero-order valence-corrected chi connectivity index (χ0v) is 30.9. The Morgan fingerprint density at radius 1 is 0.609 bits per heavy atom. The van der Waals surface area contributed by atoms with Gasteiger partial charge in [0.1, 0.15) is 0 Å². The van der Waals surface area contributed by atoms with E-state index < -0.39 is 27.7 Å². The summed E-state index contributed by atoms with van der Waals surface area (Å²) in [5.41, 5.74) is 5.32. The summed E-state index contributed by atoms with van der Waals surface area (Å²) in [6.07, 6.45) is 11.2. The molecule has 3 unspecified atom stereocenters. The van der Waals surface area contributed by atoms with E-state index in [9.17, 15) is 0 Å². The van der Waals surface area contributed by atoms with Gasteiger partial charge < -0.3 is 0 Å². The van der Waals surface area contributed by atoms with Gasteiger partial charge in [-0.05, 0) is 0 Å². The van der Waals surface area contributed by atoms with Gasteiger partial charge in [0.15, 0.2) is 0 Å². The van der Waals surface area contributed by atoms with Gasteiger partial charge in [0.05, 0.1) is 0 Å². The third kappa shape index (κ3) is 5.91. The van der Waals surface area contributed by atoms with Gasteiger partial charge >= 0.3 is 292 Å². The second kappa shape index (κ2) is 13.8. The summed E-state index contributed by atoms with van der Waals surface area (Å²) in [5.74, 6) is 0.532. The first-order valence-corrected chi connectivity index (χ1v) is 25.7. The van der Waals surface area contributed by atoms with Crippen molar-refractivity contribution < 1.29 is 23.8 Å². The van der Waals surface area contributed by atoms with Crippen molar-refractivity contribution in [3.63, 3.8) is 0 Å². The molecule has 46 heavy (non-hydrogen) atoms. The second-order valence-electron chi connectivity index (χ2n) is 12.7. The molecule has 0 heterocycles. The average Bonchev–Trinajstić information content (AvgIpc) is 3.75. The maximum absolute atomic E-state index is 7.64. The number of fused-ring (bicyclic) bond motifs is 2. The first-order chi connectivity index (χ1) is 22.5. The third-order valence-electron chi connectivity index (χ3n) is 10.1. The Bertz CT molecular complexity index is 1680. The second-order valence-corrected chi connectivity index (χ2v) is 25.0. The molecule has 0 saturated carbocycles. The Labute approximate surface area is 289 Å². The Morgan fingerprint density at radius 2 is 1.00 bits per heavy atom. The van der Waals surface area contributed by atoms with E-state index in [0.717, 1.165) is 12.8 Å². The van der Waals surface area contributed by atoms with Crippen LogP contribution in [-0.4, -0.2) is 12.1 Å². The maximum atomic E-state index is 7.64. The van der Waals surface area contributed by atoms with Crippen LogP contribution in [0.1, 0.15) is 53.9 Å². The van der Waals surface area contributed by atoms with Crippen molar-refractivity contribution in [2.75, 3.05) is 0 Å². The molecular formula is C41H37Cl2OSiZr. The van der Waals surface area contributed by atoms with Crippen LogP contribution >= 0.6 is 17.0 Å². The molecule has 5 aromatic carbocycles. The van der Waals surface area contributed by atoms with Crippen LogP contribution in [0.25, 0.3) is 12.2 Å². The molecule has 0 aliphatic heterocycles. The van der Waals surface area contributed by atoms with Crippen LogP contribution in [0.15, 0.2) is 152 Å². The molecule has 5 aromatic rings. The monoisotopic (exact) mass is 733 g/mol. The van der Waals surface area contributed by atoms with Gasteiger partial charge in [-0.1, -0.05) is 0 Å². The van der Waals surface area contributed by atoms with Crippen LogP contribution < -0.4 is 15.6 Å². The Balaban J connectivity index is 1.30. The summed E-state index contributed by atoms with van der Waals surface area (Å²) < 4.78 is 7.45. The summed E-state index contributed by atoms with van der Waals surface area (Å²) in [4.78, 5) is 0. The summed E-state index contributed by atoms with van der Waals surface area (Å²) in [7, 11) is 11.3. The quantitative estimate of drug-likeness (QED) is 0.0971. The number of halogens is 2. The van der Waals surface area contributed by atoms with Crippen LogP contribution in [0.4, 0.5) is 0 Å². The molecule has 2 aliphatic carbocycles. The molecule has 3 atom stereocenters. The van der Waals surface area contributed by atoms with Crippen molar-refractivity contribution in [2.45, 2.75) is 35.4 Å². The van der Waals surface area contributed by atoms with Crippen molar-refractivity contribution in [3.8, 4) is 0 Å². The summed E-state index contributed by atoms with van der Waals surface area (Å²) in [5, 5.41) is 3.62. The van der Waals surface area contributed by atoms with Gasteiger partial charge in [0, 0.05) is 0 Å². The number of hydrogen-bond acceptors (Lipinski definition) is 1. The van der Waals surface area contributed by atoms with Crippen LogP contribution in [0, 0.1) is 5.41 Å². The van der Waals surface area contributed by atoms with E-state index in [1.54, 1.807) is 0 Å². The molecular weight excluding hydrogens is 699 g/mol. The summed E-state index contributed by atoms with van der Waals surface area (Å²) >= 11 is -3.00. The molecule has 0 amide bonds. The number of allylic oxidation sites excluding steroid dienone is 2. The SMILES string of the molecule is CC(CC[CH](O[Si](c1ccccc1)(c1ccccc1)c1ccccc1)[Zr]([Cl])[Cl])(C1C=Cc2ccccc21)C1C=Cc2ccccc21. The van der Waals surface area contributed by atoms with Gasteiger partial charge in [-0.25, -0.2) is 0 Å². The van der Waals surface area contributed by atoms with Crippen LogP contribution in [-0.2, 0) is 23.8 Å². The fraction of sp³-hybridized carbons (Fsp3) is 0.171. The predicted octanol–water partition coefficient (Wildman–Crippen LogP) is 9.33. The first kappa shape index (κ1) is 31.8. The molecule has 229 valence electrons. The zero-order chi connectivity index (χ0) is 31.6. The topological polar surface area (TPSA) is 9.23 Å². The molecule has 5 heteroatoms. The molecule has 7 rings (SSSR count). The van der Waals surface area contributed by atoms with Crippen molar-refractivity contribution in [2.24, 2.45) is 5.41 Å². The Kier molecular flexibility index (Phi) is 9.51. The number of benzene rings is 5. The Hall–Kier alpha value is -2.78. The van der Waals surface area contributed by atoms with Crippen LogP contribution in [0.5, 0.6) is 0 Å². The van der Waals surface area contributed by atoms with Gasteiger partial charge in [-0.15, -0.1) is 0 Å². The molecule has 0 radical (unpaired) electrons. The fourth-order valence-corrected chi connectivity index (χ4v) is 17.5. The predicted molar refractivity (Wildman–Crippen MR) is 194 cm³/mol. The fourth-order valence-electron chi connectivity index (χ4n) is 7.74. The van der Waals surface area contributed by atoms with E-state index in [0.29, 0.717) is 0 Å². The third-order valence-corrected chi connectivity index (χ3v) is 19.8. The van der Waals surface area contributed by atoms with Crippen LogP contribution in [0.2, 0.25) is 0 Å². The van der Waals surface area contributed by atoms with E-state index in [-0.39, 0.29) is 21.1 Å². The van der Waals surface area contributed by atoms with Crippen molar-refractivity contribution in [1.29, 1.82) is 0 Å². The summed E-state index contributed by atoms with van der Waals surface area (Å²) in [6.45, 7) is 2.47. The molecule has 2 aliphatic rings. The van der Waals surface area contributed by atoms with Crippen molar-refractivity contribution in [1.82, 2.24) is 0 Å². The van der Waals surface area contributed by atoms with Crippen molar-refractivity contribution in [3.05, 3.63) is 174 Å². The minimum atomic E-state index is -3.00. The minimum absolute atomic E-state index is 0.114. The average molecular weight is 736 g/mol. The van der Waals surface area contributed by atoms with E-state index >= 15 is 0 Å². The molecule has 0 saturated heterocycles. The van der Waals surface area contributed by atoms with Gasteiger partial charge in [-0.3, -0.25) is 0 Å². The number of rotatable bonds is 11. The van der Waals surface area contributed by atoms with E-state index in [1.807, 2.05) is 0 Å². The van der Waals surface area contributed by atoms with Crippen LogP contribution in [0.3, 0.4) is 0 Å². The van der Waals surface area contributed by atoms with Gasteiger partial charge in [0.2, 0.25) is 0 Å². The molecule has 0 aromatic heterocycles. The molecule has 0 N–H and O–H groups in total. The number of hydrogen-bond donors (Lipinski definition) is 0. The molecule has 1 nitrogen and oxygen atoms in total. The van der Waals surface area contributed by atoms with Gasteiger partial charge in [-0.2, -0.15) is 0 Å². The Morgan fingerprint density at radius 3 is 1.41 bits per heavy atom. The molecule has 0 fully saturated rings. The van der Waals surface area contributed by atoms with Crippen molar-refractivity contribution >= 4 is 53.1 Å². The normalized spacial score (nSPS) is 18.5. The molecule has 0 spiro atoms.